The molecule has 6 heteroatoms. The fourth-order valence-corrected chi connectivity index (χ4v) is 1.99. The standard InChI is InChI=1S/C12H15IN4O/c1-17(2)6-5-11-15-12(18-16-11)9-7-8(13)3-4-10(9)14/h3-4,7H,5-6,14H2,1-2H3. The van der Waals surface area contributed by atoms with Gasteiger partial charge in [-0.2, -0.15) is 4.98 Å². The number of aromatic nitrogens is 2. The summed E-state index contributed by atoms with van der Waals surface area (Å²) in [4.78, 5) is 6.45. The molecule has 0 fully saturated rings. The molecule has 0 unspecified atom stereocenters. The number of hydrogen-bond acceptors (Lipinski definition) is 5. The molecule has 1 aromatic carbocycles. The minimum atomic E-state index is 0.486. The number of benzene rings is 1. The lowest BCUT2D eigenvalue weighted by molar-refractivity contribution is 0.392. The lowest BCUT2D eigenvalue weighted by Gasteiger charge is -2.05. The summed E-state index contributed by atoms with van der Waals surface area (Å²) in [6.45, 7) is 0.890. The van der Waals surface area contributed by atoms with Gasteiger partial charge >= 0.3 is 0 Å². The van der Waals surface area contributed by atoms with Crippen LogP contribution >= 0.6 is 22.6 Å². The Balaban J connectivity index is 2.21. The first kappa shape index (κ1) is 13.3. The van der Waals surface area contributed by atoms with Crippen LogP contribution in [0.3, 0.4) is 0 Å². The molecule has 0 saturated carbocycles. The molecule has 0 bridgehead atoms. The smallest absolute Gasteiger partial charge is 0.260 e. The Morgan fingerprint density at radius 1 is 1.39 bits per heavy atom. The normalized spacial score (nSPS) is 11.1. The molecule has 0 aliphatic rings. The highest BCUT2D eigenvalue weighted by atomic mass is 127. The van der Waals surface area contributed by atoms with Crippen molar-refractivity contribution in [1.29, 1.82) is 0 Å². The average molecular weight is 358 g/mol. The molecule has 18 heavy (non-hydrogen) atoms. The van der Waals surface area contributed by atoms with Crippen LogP contribution in [0.15, 0.2) is 22.7 Å². The van der Waals surface area contributed by atoms with Crippen molar-refractivity contribution < 1.29 is 4.52 Å². The molecule has 2 rings (SSSR count). The van der Waals surface area contributed by atoms with Crippen molar-refractivity contribution in [3.63, 3.8) is 0 Å². The van der Waals surface area contributed by atoms with Crippen molar-refractivity contribution in [2.75, 3.05) is 26.4 Å². The van der Waals surface area contributed by atoms with Crippen LogP contribution in [0.4, 0.5) is 5.69 Å². The molecule has 0 amide bonds. The first-order valence-electron chi connectivity index (χ1n) is 5.59. The topological polar surface area (TPSA) is 68.2 Å². The summed E-state index contributed by atoms with van der Waals surface area (Å²) in [6, 6.07) is 5.74. The Hall–Kier alpha value is -1.15. The minimum absolute atomic E-state index is 0.486. The van der Waals surface area contributed by atoms with Gasteiger partial charge in [-0.1, -0.05) is 5.16 Å². The van der Waals surface area contributed by atoms with E-state index in [1.165, 1.54) is 0 Å². The summed E-state index contributed by atoms with van der Waals surface area (Å²) in [5.74, 6) is 1.19. The summed E-state index contributed by atoms with van der Waals surface area (Å²) >= 11 is 2.23. The Bertz CT molecular complexity index is 539. The largest absolute Gasteiger partial charge is 0.398 e. The van der Waals surface area contributed by atoms with Crippen LogP contribution < -0.4 is 5.73 Å². The predicted octanol–water partition coefficient (Wildman–Crippen LogP) is 2.03. The Morgan fingerprint density at radius 3 is 2.89 bits per heavy atom. The second-order valence-corrected chi connectivity index (χ2v) is 5.55. The van der Waals surface area contributed by atoms with E-state index in [-0.39, 0.29) is 0 Å². The number of nitrogens with zero attached hydrogens (tertiary/aromatic N) is 3. The molecular weight excluding hydrogens is 343 g/mol. The Morgan fingerprint density at radius 2 is 2.17 bits per heavy atom. The first-order valence-corrected chi connectivity index (χ1v) is 6.67. The van der Waals surface area contributed by atoms with Crippen LogP contribution in [0.2, 0.25) is 0 Å². The molecule has 0 atom stereocenters. The van der Waals surface area contributed by atoms with E-state index in [0.717, 1.165) is 22.1 Å². The maximum atomic E-state index is 5.91. The van der Waals surface area contributed by atoms with Crippen molar-refractivity contribution in [3.8, 4) is 11.5 Å². The summed E-state index contributed by atoms with van der Waals surface area (Å²) in [5.41, 5.74) is 7.36. The van der Waals surface area contributed by atoms with Gasteiger partial charge in [-0.3, -0.25) is 0 Å². The molecule has 1 heterocycles. The third kappa shape index (κ3) is 3.20. The van der Waals surface area contributed by atoms with E-state index in [1.54, 1.807) is 0 Å². The van der Waals surface area contributed by atoms with E-state index >= 15 is 0 Å². The molecule has 2 aromatic rings. The maximum Gasteiger partial charge on any atom is 0.260 e. The van der Waals surface area contributed by atoms with Crippen LogP contribution in [0.25, 0.3) is 11.5 Å². The first-order chi connectivity index (χ1) is 8.56. The van der Waals surface area contributed by atoms with Crippen LogP contribution in [0.5, 0.6) is 0 Å². The van der Waals surface area contributed by atoms with Gasteiger partial charge in [0, 0.05) is 22.2 Å². The van der Waals surface area contributed by atoms with Gasteiger partial charge in [0.05, 0.1) is 5.56 Å². The minimum Gasteiger partial charge on any atom is -0.398 e. The summed E-state index contributed by atoms with van der Waals surface area (Å²) in [6.07, 6.45) is 0.764. The van der Waals surface area contributed by atoms with Gasteiger partial charge in [0.25, 0.3) is 5.89 Å². The fourth-order valence-electron chi connectivity index (χ4n) is 1.50. The zero-order valence-corrected chi connectivity index (χ0v) is 12.5. The van der Waals surface area contributed by atoms with Crippen LogP contribution in [-0.2, 0) is 6.42 Å². The number of likely N-dealkylation sites (N-methyl/N-ethyl adjacent to an activating group) is 1. The molecule has 0 saturated heterocycles. The molecule has 2 N–H and O–H groups in total. The number of rotatable bonds is 4. The average Bonchev–Trinajstić information content (AvgIpc) is 2.78. The Labute approximate surface area is 119 Å². The number of nitrogen functional groups attached to an aromatic ring is 1. The molecule has 0 aliphatic carbocycles. The van der Waals surface area contributed by atoms with Gasteiger partial charge in [-0.25, -0.2) is 0 Å². The lowest BCUT2D eigenvalue weighted by atomic mass is 10.2. The van der Waals surface area contributed by atoms with Crippen LogP contribution in [0, 0.1) is 3.57 Å². The molecule has 96 valence electrons. The predicted molar refractivity (Wildman–Crippen MR) is 79.1 cm³/mol. The number of anilines is 1. The van der Waals surface area contributed by atoms with E-state index in [2.05, 4.69) is 37.6 Å². The molecule has 0 aliphatic heterocycles. The Kier molecular flexibility index (Phi) is 4.18. The second kappa shape index (κ2) is 5.66. The van der Waals surface area contributed by atoms with Crippen molar-refractivity contribution >= 4 is 28.3 Å². The molecule has 1 aromatic heterocycles. The molecule has 5 nitrogen and oxygen atoms in total. The second-order valence-electron chi connectivity index (χ2n) is 4.30. The van der Waals surface area contributed by atoms with Crippen LogP contribution in [-0.4, -0.2) is 35.7 Å². The van der Waals surface area contributed by atoms with Gasteiger partial charge in [0.2, 0.25) is 0 Å². The monoisotopic (exact) mass is 358 g/mol. The number of halogens is 1. The van der Waals surface area contributed by atoms with Gasteiger partial charge in [0.15, 0.2) is 5.82 Å². The van der Waals surface area contributed by atoms with E-state index < -0.39 is 0 Å². The van der Waals surface area contributed by atoms with Gasteiger partial charge < -0.3 is 15.2 Å². The molecule has 0 radical (unpaired) electrons. The van der Waals surface area contributed by atoms with Gasteiger partial charge in [-0.05, 0) is 54.9 Å². The van der Waals surface area contributed by atoms with Crippen molar-refractivity contribution in [2.45, 2.75) is 6.42 Å². The van der Waals surface area contributed by atoms with Crippen LogP contribution in [0.1, 0.15) is 5.82 Å². The zero-order chi connectivity index (χ0) is 13.1. The van der Waals surface area contributed by atoms with Crippen molar-refractivity contribution in [1.82, 2.24) is 15.0 Å². The van der Waals surface area contributed by atoms with E-state index in [4.69, 9.17) is 10.3 Å². The quantitative estimate of drug-likeness (QED) is 0.669. The number of hydrogen-bond donors (Lipinski definition) is 1. The molecule has 0 spiro atoms. The highest BCUT2D eigenvalue weighted by molar-refractivity contribution is 14.1. The summed E-state index contributed by atoms with van der Waals surface area (Å²) in [5, 5.41) is 3.96. The maximum absolute atomic E-state index is 5.91. The van der Waals surface area contributed by atoms with Gasteiger partial charge in [0.1, 0.15) is 0 Å². The van der Waals surface area contributed by atoms with Crippen molar-refractivity contribution in [3.05, 3.63) is 27.6 Å². The third-order valence-electron chi connectivity index (χ3n) is 2.50. The van der Waals surface area contributed by atoms with Gasteiger partial charge in [-0.15, -0.1) is 0 Å². The molecular formula is C12H15IN4O. The summed E-state index contributed by atoms with van der Waals surface area (Å²) < 4.78 is 6.34. The number of nitrogens with two attached hydrogens (primary N) is 1. The fraction of sp³-hybridized carbons (Fsp3) is 0.333. The lowest BCUT2D eigenvalue weighted by Crippen LogP contribution is -2.15. The van der Waals surface area contributed by atoms with Crippen molar-refractivity contribution in [2.24, 2.45) is 0 Å². The SMILES string of the molecule is CN(C)CCc1noc(-c2cc(I)ccc2N)n1. The van der Waals surface area contributed by atoms with E-state index in [0.29, 0.717) is 17.4 Å². The third-order valence-corrected chi connectivity index (χ3v) is 3.17. The van der Waals surface area contributed by atoms with E-state index in [1.807, 2.05) is 32.3 Å². The van der Waals surface area contributed by atoms with E-state index in [9.17, 15) is 0 Å². The highest BCUT2D eigenvalue weighted by Gasteiger charge is 2.12. The zero-order valence-electron chi connectivity index (χ0n) is 10.4. The highest BCUT2D eigenvalue weighted by Crippen LogP contribution is 2.26. The summed E-state index contributed by atoms with van der Waals surface area (Å²) in [7, 11) is 4.02.